The molecule has 0 saturated heterocycles. The average Bonchev–Trinajstić information content (AvgIpc) is 2.47. The molecule has 96 valence electrons. The molecule has 0 aliphatic rings. The first-order valence-electron chi connectivity index (χ1n) is 6.48. The van der Waals surface area contributed by atoms with Crippen molar-refractivity contribution < 1.29 is 5.11 Å². The van der Waals surface area contributed by atoms with Gasteiger partial charge in [0.2, 0.25) is 0 Å². The fourth-order valence-corrected chi connectivity index (χ4v) is 1.86. The van der Waals surface area contributed by atoms with Gasteiger partial charge in [-0.15, -0.1) is 0 Å². The third kappa shape index (κ3) is 4.57. The summed E-state index contributed by atoms with van der Waals surface area (Å²) in [5.74, 6) is 0. The Morgan fingerprint density at radius 3 is 2.00 bits per heavy atom. The normalized spacial score (nSPS) is 11.9. The van der Waals surface area contributed by atoms with E-state index in [4.69, 9.17) is 5.11 Å². The van der Waals surface area contributed by atoms with Crippen LogP contribution in [0.3, 0.4) is 0 Å². The number of aliphatic hydroxyl groups is 1. The summed E-state index contributed by atoms with van der Waals surface area (Å²) in [4.78, 5) is 0. The second-order valence-corrected chi connectivity index (χ2v) is 4.35. The highest BCUT2D eigenvalue weighted by Gasteiger charge is 1.94. The van der Waals surface area contributed by atoms with Crippen molar-refractivity contribution in [2.75, 3.05) is 6.61 Å². The quantitative estimate of drug-likeness (QED) is 0.790. The highest BCUT2D eigenvalue weighted by molar-refractivity contribution is 5.61. The van der Waals surface area contributed by atoms with Crippen molar-refractivity contribution in [3.05, 3.63) is 83.4 Å². The predicted molar refractivity (Wildman–Crippen MR) is 81.6 cm³/mol. The lowest BCUT2D eigenvalue weighted by molar-refractivity contribution is 0.300. The summed E-state index contributed by atoms with van der Waals surface area (Å²) in [6.07, 6.45) is 6.91. The smallest absolute Gasteiger partial charge is 0.0471 e. The largest absolute Gasteiger partial charge is 0.396 e. The first-order valence-corrected chi connectivity index (χ1v) is 6.48. The summed E-state index contributed by atoms with van der Waals surface area (Å²) < 4.78 is 0. The Hall–Kier alpha value is -2.12. The molecule has 1 heteroatoms. The lowest BCUT2D eigenvalue weighted by atomic mass is 10.1. The summed E-state index contributed by atoms with van der Waals surface area (Å²) in [6.45, 7) is 0.164. The molecule has 0 heterocycles. The first kappa shape index (κ1) is 13.3. The maximum Gasteiger partial charge on any atom is 0.0471 e. The molecule has 0 saturated carbocycles. The highest BCUT2D eigenvalue weighted by atomic mass is 16.2. The Morgan fingerprint density at radius 1 is 0.842 bits per heavy atom. The van der Waals surface area contributed by atoms with Gasteiger partial charge in [0, 0.05) is 6.61 Å². The number of rotatable bonds is 5. The number of hydrogen-bond acceptors (Lipinski definition) is 1. The number of benzene rings is 2. The van der Waals surface area contributed by atoms with E-state index in [1.54, 1.807) is 0 Å². The Bertz CT molecular complexity index is 538. The maximum absolute atomic E-state index is 9.14. The SMILES string of the molecule is OCCC(/C=C/c1ccccc1)=C\c1ccccc1. The molecule has 1 nitrogen and oxygen atoms in total. The van der Waals surface area contributed by atoms with E-state index in [-0.39, 0.29) is 6.61 Å². The van der Waals surface area contributed by atoms with E-state index in [1.807, 2.05) is 36.4 Å². The van der Waals surface area contributed by atoms with Crippen LogP contribution in [0.2, 0.25) is 0 Å². The van der Waals surface area contributed by atoms with Gasteiger partial charge in [0.25, 0.3) is 0 Å². The van der Waals surface area contributed by atoms with Crippen LogP contribution in [0.15, 0.2) is 72.3 Å². The van der Waals surface area contributed by atoms with Gasteiger partial charge in [0.05, 0.1) is 0 Å². The fourth-order valence-electron chi connectivity index (χ4n) is 1.86. The van der Waals surface area contributed by atoms with E-state index in [9.17, 15) is 0 Å². The van der Waals surface area contributed by atoms with Crippen molar-refractivity contribution in [2.24, 2.45) is 0 Å². The highest BCUT2D eigenvalue weighted by Crippen LogP contribution is 2.13. The fraction of sp³-hybridized carbons (Fsp3) is 0.111. The van der Waals surface area contributed by atoms with Gasteiger partial charge in [-0.05, 0) is 23.1 Å². The number of aliphatic hydroxyl groups excluding tert-OH is 1. The van der Waals surface area contributed by atoms with Crippen LogP contribution in [0, 0.1) is 0 Å². The van der Waals surface area contributed by atoms with E-state index >= 15 is 0 Å². The monoisotopic (exact) mass is 250 g/mol. The van der Waals surface area contributed by atoms with Gasteiger partial charge in [-0.3, -0.25) is 0 Å². The zero-order chi connectivity index (χ0) is 13.3. The zero-order valence-electron chi connectivity index (χ0n) is 10.9. The summed E-state index contributed by atoms with van der Waals surface area (Å²) in [7, 11) is 0. The van der Waals surface area contributed by atoms with Crippen molar-refractivity contribution in [1.82, 2.24) is 0 Å². The van der Waals surface area contributed by atoms with Gasteiger partial charge in [-0.1, -0.05) is 78.9 Å². The Labute approximate surface area is 114 Å². The van der Waals surface area contributed by atoms with Crippen molar-refractivity contribution in [2.45, 2.75) is 6.42 Å². The molecule has 0 radical (unpaired) electrons. The van der Waals surface area contributed by atoms with Crippen molar-refractivity contribution >= 4 is 12.2 Å². The third-order valence-electron chi connectivity index (χ3n) is 2.84. The Morgan fingerprint density at radius 2 is 1.42 bits per heavy atom. The summed E-state index contributed by atoms with van der Waals surface area (Å²) in [6, 6.07) is 20.3. The minimum atomic E-state index is 0.164. The molecule has 0 fully saturated rings. The predicted octanol–water partition coefficient (Wildman–Crippen LogP) is 4.17. The minimum absolute atomic E-state index is 0.164. The average molecular weight is 250 g/mol. The molecule has 1 N–H and O–H groups in total. The van der Waals surface area contributed by atoms with Crippen LogP contribution >= 0.6 is 0 Å². The first-order chi connectivity index (χ1) is 9.38. The lowest BCUT2D eigenvalue weighted by Crippen LogP contribution is -1.86. The van der Waals surface area contributed by atoms with Gasteiger partial charge in [-0.25, -0.2) is 0 Å². The molecule has 2 rings (SSSR count). The second-order valence-electron chi connectivity index (χ2n) is 4.35. The lowest BCUT2D eigenvalue weighted by Gasteiger charge is -2.01. The molecular weight excluding hydrogens is 232 g/mol. The molecule has 0 aliphatic carbocycles. The Kier molecular flexibility index (Phi) is 5.15. The number of allylic oxidation sites excluding steroid dienone is 1. The topological polar surface area (TPSA) is 20.2 Å². The van der Waals surface area contributed by atoms with Crippen LogP contribution in [-0.2, 0) is 0 Å². The van der Waals surface area contributed by atoms with Crippen LogP contribution in [0.1, 0.15) is 17.5 Å². The molecule has 0 aromatic heterocycles. The molecule has 0 unspecified atom stereocenters. The van der Waals surface area contributed by atoms with E-state index in [0.717, 1.165) is 11.1 Å². The molecular formula is C18H18O. The molecule has 0 atom stereocenters. The molecule has 2 aromatic rings. The summed E-state index contributed by atoms with van der Waals surface area (Å²) in [5.41, 5.74) is 3.45. The zero-order valence-corrected chi connectivity index (χ0v) is 10.9. The van der Waals surface area contributed by atoms with Gasteiger partial charge in [0.15, 0.2) is 0 Å². The minimum Gasteiger partial charge on any atom is -0.396 e. The molecule has 0 amide bonds. The van der Waals surface area contributed by atoms with Crippen molar-refractivity contribution in [3.63, 3.8) is 0 Å². The van der Waals surface area contributed by atoms with Crippen molar-refractivity contribution in [3.8, 4) is 0 Å². The Balaban J connectivity index is 2.17. The van der Waals surface area contributed by atoms with E-state index in [0.29, 0.717) is 6.42 Å². The van der Waals surface area contributed by atoms with Gasteiger partial charge in [0.1, 0.15) is 0 Å². The van der Waals surface area contributed by atoms with Crippen molar-refractivity contribution in [1.29, 1.82) is 0 Å². The van der Waals surface area contributed by atoms with Gasteiger partial charge >= 0.3 is 0 Å². The van der Waals surface area contributed by atoms with Gasteiger partial charge < -0.3 is 5.11 Å². The van der Waals surface area contributed by atoms with Crippen LogP contribution < -0.4 is 0 Å². The van der Waals surface area contributed by atoms with Crippen LogP contribution in [0.4, 0.5) is 0 Å². The maximum atomic E-state index is 9.14. The molecule has 0 bridgehead atoms. The standard InChI is InChI=1S/C18H18O/c19-14-13-18(15-17-9-5-2-6-10-17)12-11-16-7-3-1-4-8-16/h1-12,15,19H,13-14H2/b12-11+,18-15-. The van der Waals surface area contributed by atoms with E-state index < -0.39 is 0 Å². The van der Waals surface area contributed by atoms with E-state index in [2.05, 4.69) is 42.5 Å². The molecule has 0 spiro atoms. The van der Waals surface area contributed by atoms with Crippen LogP contribution in [-0.4, -0.2) is 11.7 Å². The van der Waals surface area contributed by atoms with Crippen LogP contribution in [0.25, 0.3) is 12.2 Å². The third-order valence-corrected chi connectivity index (χ3v) is 2.84. The van der Waals surface area contributed by atoms with E-state index in [1.165, 1.54) is 5.56 Å². The molecule has 2 aromatic carbocycles. The van der Waals surface area contributed by atoms with Gasteiger partial charge in [-0.2, -0.15) is 0 Å². The van der Waals surface area contributed by atoms with Crippen LogP contribution in [0.5, 0.6) is 0 Å². The second kappa shape index (κ2) is 7.34. The number of hydrogen-bond donors (Lipinski definition) is 1. The summed E-state index contributed by atoms with van der Waals surface area (Å²) in [5, 5.41) is 9.14. The molecule has 0 aliphatic heterocycles. The molecule has 19 heavy (non-hydrogen) atoms. The summed E-state index contributed by atoms with van der Waals surface area (Å²) >= 11 is 0.